The Morgan fingerprint density at radius 3 is 2.90 bits per heavy atom. The highest BCUT2D eigenvalue weighted by Gasteiger charge is 2.24. The molecular formula is C16H25FN4. The van der Waals surface area contributed by atoms with E-state index < -0.39 is 0 Å². The monoisotopic (exact) mass is 292 g/mol. The summed E-state index contributed by atoms with van der Waals surface area (Å²) in [7, 11) is 4.24. The molecule has 21 heavy (non-hydrogen) atoms. The molecule has 1 aliphatic heterocycles. The molecule has 1 unspecified atom stereocenters. The van der Waals surface area contributed by atoms with Crippen molar-refractivity contribution in [3.05, 3.63) is 23.6 Å². The fourth-order valence-corrected chi connectivity index (χ4v) is 3.14. The zero-order chi connectivity index (χ0) is 14.8. The Hall–Kier alpha value is -1.20. The molecular weight excluding hydrogens is 267 g/mol. The smallest absolute Gasteiger partial charge is 0.141 e. The van der Waals surface area contributed by atoms with Gasteiger partial charge in [-0.25, -0.2) is 9.37 Å². The molecule has 1 aliphatic carbocycles. The van der Waals surface area contributed by atoms with Crippen LogP contribution in [-0.2, 0) is 6.54 Å². The van der Waals surface area contributed by atoms with Gasteiger partial charge < -0.3 is 15.1 Å². The minimum Gasteiger partial charge on any atom is -0.359 e. The van der Waals surface area contributed by atoms with Crippen molar-refractivity contribution >= 4 is 5.82 Å². The fourth-order valence-electron chi connectivity index (χ4n) is 3.14. The van der Waals surface area contributed by atoms with Gasteiger partial charge in [-0.3, -0.25) is 0 Å². The second-order valence-corrected chi connectivity index (χ2v) is 6.59. The Bertz CT molecular complexity index is 489. The Morgan fingerprint density at radius 1 is 1.43 bits per heavy atom. The molecule has 0 radical (unpaired) electrons. The van der Waals surface area contributed by atoms with Crippen LogP contribution in [-0.4, -0.2) is 49.7 Å². The van der Waals surface area contributed by atoms with E-state index in [-0.39, 0.29) is 5.82 Å². The summed E-state index contributed by atoms with van der Waals surface area (Å²) in [6, 6.07) is 2.24. The Labute approximate surface area is 126 Å². The van der Waals surface area contributed by atoms with E-state index >= 15 is 0 Å². The first-order chi connectivity index (χ1) is 10.1. The Balaban J connectivity index is 1.66. The van der Waals surface area contributed by atoms with Crippen LogP contribution < -0.4 is 10.2 Å². The van der Waals surface area contributed by atoms with Crippen LogP contribution in [0.5, 0.6) is 0 Å². The number of pyridine rings is 1. The maximum absolute atomic E-state index is 13.5. The standard InChI is InChI=1S/C16H25FN4/c1-20-6-5-12(10-20)11-21(2)16-13(7-14(17)9-19-16)8-18-15-3-4-15/h7,9,12,15,18H,3-6,8,10-11H2,1-2H3. The molecule has 1 aromatic heterocycles. The number of nitrogens with zero attached hydrogens (tertiary/aromatic N) is 3. The van der Waals surface area contributed by atoms with Gasteiger partial charge in [-0.2, -0.15) is 0 Å². The van der Waals surface area contributed by atoms with Gasteiger partial charge in [0.15, 0.2) is 0 Å². The van der Waals surface area contributed by atoms with E-state index in [2.05, 4.69) is 34.2 Å². The molecule has 116 valence electrons. The third-order valence-corrected chi connectivity index (χ3v) is 4.45. The van der Waals surface area contributed by atoms with Crippen LogP contribution in [0.3, 0.4) is 0 Å². The molecule has 1 saturated carbocycles. The van der Waals surface area contributed by atoms with Gasteiger partial charge in [0.1, 0.15) is 11.6 Å². The van der Waals surface area contributed by atoms with Crippen LogP contribution >= 0.6 is 0 Å². The first kappa shape index (κ1) is 14.7. The number of anilines is 1. The van der Waals surface area contributed by atoms with E-state index in [1.54, 1.807) is 6.07 Å². The van der Waals surface area contributed by atoms with Crippen LogP contribution in [0.15, 0.2) is 12.3 Å². The van der Waals surface area contributed by atoms with Crippen LogP contribution in [0.25, 0.3) is 0 Å². The predicted molar refractivity (Wildman–Crippen MR) is 82.9 cm³/mol. The van der Waals surface area contributed by atoms with Crippen LogP contribution in [0.4, 0.5) is 10.2 Å². The molecule has 0 aromatic carbocycles. The normalized spacial score (nSPS) is 22.7. The lowest BCUT2D eigenvalue weighted by atomic mass is 10.1. The van der Waals surface area contributed by atoms with Crippen LogP contribution in [0.2, 0.25) is 0 Å². The molecule has 2 fully saturated rings. The van der Waals surface area contributed by atoms with Crippen molar-refractivity contribution < 1.29 is 4.39 Å². The third-order valence-electron chi connectivity index (χ3n) is 4.45. The average molecular weight is 292 g/mol. The predicted octanol–water partition coefficient (Wildman–Crippen LogP) is 1.86. The molecule has 1 N–H and O–H groups in total. The van der Waals surface area contributed by atoms with Gasteiger partial charge >= 0.3 is 0 Å². The fraction of sp³-hybridized carbons (Fsp3) is 0.688. The molecule has 3 rings (SSSR count). The molecule has 2 heterocycles. The van der Waals surface area contributed by atoms with Crippen molar-refractivity contribution in [3.8, 4) is 0 Å². The summed E-state index contributed by atoms with van der Waals surface area (Å²) < 4.78 is 13.5. The molecule has 5 heteroatoms. The third kappa shape index (κ3) is 3.92. The van der Waals surface area contributed by atoms with E-state index in [4.69, 9.17) is 0 Å². The highest BCUT2D eigenvalue weighted by Crippen LogP contribution is 2.24. The van der Waals surface area contributed by atoms with E-state index in [1.165, 1.54) is 32.0 Å². The maximum atomic E-state index is 13.5. The number of nitrogens with one attached hydrogen (secondary N) is 1. The first-order valence-electron chi connectivity index (χ1n) is 7.89. The molecule has 1 aromatic rings. The molecule has 0 spiro atoms. The minimum absolute atomic E-state index is 0.250. The topological polar surface area (TPSA) is 31.4 Å². The van der Waals surface area contributed by atoms with Gasteiger partial charge in [-0.1, -0.05) is 0 Å². The summed E-state index contributed by atoms with van der Waals surface area (Å²) in [5.41, 5.74) is 0.968. The van der Waals surface area contributed by atoms with Crippen molar-refractivity contribution in [1.82, 2.24) is 15.2 Å². The van der Waals surface area contributed by atoms with E-state index in [9.17, 15) is 4.39 Å². The number of halogens is 1. The summed E-state index contributed by atoms with van der Waals surface area (Å²) in [6.45, 7) is 4.01. The largest absolute Gasteiger partial charge is 0.359 e. The lowest BCUT2D eigenvalue weighted by Gasteiger charge is -2.24. The van der Waals surface area contributed by atoms with Crippen LogP contribution in [0, 0.1) is 11.7 Å². The summed E-state index contributed by atoms with van der Waals surface area (Å²) in [4.78, 5) is 8.89. The average Bonchev–Trinajstić information content (AvgIpc) is 3.19. The number of hydrogen-bond acceptors (Lipinski definition) is 4. The van der Waals surface area contributed by atoms with Crippen molar-refractivity contribution in [3.63, 3.8) is 0 Å². The number of hydrogen-bond donors (Lipinski definition) is 1. The van der Waals surface area contributed by atoms with Gasteiger partial charge in [-0.15, -0.1) is 0 Å². The van der Waals surface area contributed by atoms with Crippen molar-refractivity contribution in [1.29, 1.82) is 0 Å². The van der Waals surface area contributed by atoms with E-state index in [0.29, 0.717) is 18.5 Å². The van der Waals surface area contributed by atoms with Crippen molar-refractivity contribution in [2.45, 2.75) is 31.8 Å². The SMILES string of the molecule is CN1CCC(CN(C)c2ncc(F)cc2CNC2CC2)C1. The molecule has 4 nitrogen and oxygen atoms in total. The second kappa shape index (κ2) is 6.28. The molecule has 1 atom stereocenters. The number of rotatable bonds is 6. The van der Waals surface area contributed by atoms with E-state index in [0.717, 1.165) is 24.5 Å². The Morgan fingerprint density at radius 2 is 2.24 bits per heavy atom. The molecule has 2 aliphatic rings. The van der Waals surface area contributed by atoms with Gasteiger partial charge in [-0.05, 0) is 44.8 Å². The van der Waals surface area contributed by atoms with Gasteiger partial charge in [0.25, 0.3) is 0 Å². The summed E-state index contributed by atoms with van der Waals surface area (Å²) >= 11 is 0. The quantitative estimate of drug-likeness (QED) is 0.867. The second-order valence-electron chi connectivity index (χ2n) is 6.59. The summed E-state index contributed by atoms with van der Waals surface area (Å²) in [6.07, 6.45) is 5.04. The summed E-state index contributed by atoms with van der Waals surface area (Å²) in [5, 5.41) is 3.45. The molecule has 0 amide bonds. The van der Waals surface area contributed by atoms with Gasteiger partial charge in [0, 0.05) is 38.3 Å². The zero-order valence-electron chi connectivity index (χ0n) is 13.0. The number of aromatic nitrogens is 1. The minimum atomic E-state index is -0.250. The van der Waals surface area contributed by atoms with E-state index in [1.807, 2.05) is 0 Å². The Kier molecular flexibility index (Phi) is 4.40. The summed E-state index contributed by atoms with van der Waals surface area (Å²) in [5.74, 6) is 1.34. The first-order valence-corrected chi connectivity index (χ1v) is 7.89. The highest BCUT2D eigenvalue weighted by molar-refractivity contribution is 5.46. The van der Waals surface area contributed by atoms with Crippen molar-refractivity contribution in [2.75, 3.05) is 38.6 Å². The number of likely N-dealkylation sites (tertiary alicyclic amines) is 1. The maximum Gasteiger partial charge on any atom is 0.141 e. The lowest BCUT2D eigenvalue weighted by molar-refractivity contribution is 0.395. The van der Waals surface area contributed by atoms with Crippen molar-refractivity contribution in [2.24, 2.45) is 5.92 Å². The zero-order valence-corrected chi connectivity index (χ0v) is 13.0. The highest BCUT2D eigenvalue weighted by atomic mass is 19.1. The lowest BCUT2D eigenvalue weighted by Crippen LogP contribution is -2.29. The molecule has 0 bridgehead atoms. The van der Waals surface area contributed by atoms with Crippen LogP contribution in [0.1, 0.15) is 24.8 Å². The van der Waals surface area contributed by atoms with Gasteiger partial charge in [0.2, 0.25) is 0 Å². The molecule has 1 saturated heterocycles. The van der Waals surface area contributed by atoms with Gasteiger partial charge in [0.05, 0.1) is 6.20 Å².